The minimum Gasteiger partial charge on any atom is -0.322 e. The van der Waals surface area contributed by atoms with Crippen molar-refractivity contribution in [3.8, 4) is 0 Å². The number of nitrogens with one attached hydrogen (secondary N) is 1. The number of hydrogen-bond acceptors (Lipinski definition) is 5. The number of carbonyl (C=O) groups excluding carboxylic acids is 1. The van der Waals surface area contributed by atoms with Gasteiger partial charge in [-0.3, -0.25) is 4.79 Å². The molecule has 5 nitrogen and oxygen atoms in total. The fourth-order valence-corrected chi connectivity index (χ4v) is 4.04. The van der Waals surface area contributed by atoms with E-state index in [1.807, 2.05) is 12.1 Å². The average molecular weight is 360 g/mol. The third-order valence-electron chi connectivity index (χ3n) is 3.63. The molecule has 0 aliphatic carbocycles. The quantitative estimate of drug-likeness (QED) is 0.769. The normalized spacial score (nSPS) is 11.8. The average Bonchev–Trinajstić information content (AvgIpc) is 3.02. The van der Waals surface area contributed by atoms with Crippen molar-refractivity contribution in [3.63, 3.8) is 0 Å². The molecule has 124 valence electrons. The second kappa shape index (κ2) is 6.33. The summed E-state index contributed by atoms with van der Waals surface area (Å²) in [7, 11) is -3.41. The van der Waals surface area contributed by atoms with Crippen molar-refractivity contribution in [1.29, 1.82) is 0 Å². The van der Waals surface area contributed by atoms with Crippen LogP contribution in [0.1, 0.15) is 24.2 Å². The van der Waals surface area contributed by atoms with Crippen molar-refractivity contribution < 1.29 is 13.2 Å². The summed E-state index contributed by atoms with van der Waals surface area (Å²) in [4.78, 5) is 16.8. The molecule has 0 saturated carbocycles. The lowest BCUT2D eigenvalue weighted by molar-refractivity contribution is 0.102. The van der Waals surface area contributed by atoms with Crippen LogP contribution in [0.3, 0.4) is 0 Å². The molecule has 0 spiro atoms. The van der Waals surface area contributed by atoms with Gasteiger partial charge in [0.1, 0.15) is 0 Å². The second-order valence-corrected chi connectivity index (χ2v) is 9.00. The number of hydrogen-bond donors (Lipinski definition) is 1. The van der Waals surface area contributed by atoms with E-state index >= 15 is 0 Å². The molecular weight excluding hydrogens is 344 g/mol. The summed E-state index contributed by atoms with van der Waals surface area (Å²) in [5.41, 5.74) is 3.58. The van der Waals surface area contributed by atoms with Crippen molar-refractivity contribution in [3.05, 3.63) is 53.5 Å². The maximum Gasteiger partial charge on any atom is 0.255 e. The topological polar surface area (TPSA) is 76.1 Å². The lowest BCUT2D eigenvalue weighted by atomic mass is 10.2. The van der Waals surface area contributed by atoms with Crippen LogP contribution in [0.4, 0.5) is 5.69 Å². The van der Waals surface area contributed by atoms with Crippen molar-refractivity contribution in [2.24, 2.45) is 0 Å². The molecule has 1 aromatic heterocycles. The number of amides is 1. The predicted octanol–water partition coefficient (Wildman–Crippen LogP) is 3.73. The van der Waals surface area contributed by atoms with E-state index in [9.17, 15) is 13.2 Å². The van der Waals surface area contributed by atoms with Crippen LogP contribution in [0.15, 0.2) is 52.9 Å². The van der Waals surface area contributed by atoms with Crippen LogP contribution >= 0.6 is 11.3 Å². The second-order valence-electron chi connectivity index (χ2n) is 5.61. The van der Waals surface area contributed by atoms with Gasteiger partial charge < -0.3 is 5.32 Å². The van der Waals surface area contributed by atoms with E-state index in [0.29, 0.717) is 11.3 Å². The molecule has 1 amide bonds. The molecule has 0 unspecified atom stereocenters. The van der Waals surface area contributed by atoms with E-state index in [4.69, 9.17) is 0 Å². The molecule has 1 N–H and O–H groups in total. The molecule has 0 radical (unpaired) electrons. The van der Waals surface area contributed by atoms with E-state index in [2.05, 4.69) is 10.3 Å². The number of fused-ring (bicyclic) bond motifs is 1. The summed E-state index contributed by atoms with van der Waals surface area (Å²) >= 11 is 1.49. The van der Waals surface area contributed by atoms with Gasteiger partial charge in [0.05, 0.1) is 25.9 Å². The molecule has 2 aromatic carbocycles. The van der Waals surface area contributed by atoms with Crippen LogP contribution in [0.5, 0.6) is 0 Å². The van der Waals surface area contributed by atoms with E-state index in [1.165, 1.54) is 23.5 Å². The standard InChI is InChI=1S/C17H16N2O3S2/c1-11(2)24(21,22)14-5-3-4-12(8-14)17(20)19-13-6-7-15-16(9-13)23-10-18-15/h3-11H,1-2H3,(H,19,20). The monoisotopic (exact) mass is 360 g/mol. The van der Waals surface area contributed by atoms with E-state index < -0.39 is 15.1 Å². The SMILES string of the molecule is CC(C)S(=O)(=O)c1cccc(C(=O)Nc2ccc3ncsc3c2)c1. The zero-order valence-corrected chi connectivity index (χ0v) is 14.8. The molecule has 0 saturated heterocycles. The Morgan fingerprint density at radius 1 is 1.17 bits per heavy atom. The Labute approximate surface area is 144 Å². The van der Waals surface area contributed by atoms with Gasteiger partial charge in [0, 0.05) is 11.3 Å². The molecule has 0 fully saturated rings. The number of nitrogens with zero attached hydrogens (tertiary/aromatic N) is 1. The van der Waals surface area contributed by atoms with Gasteiger partial charge in [0.15, 0.2) is 9.84 Å². The fourth-order valence-electron chi connectivity index (χ4n) is 2.22. The Morgan fingerprint density at radius 2 is 1.96 bits per heavy atom. The van der Waals surface area contributed by atoms with E-state index in [-0.39, 0.29) is 10.8 Å². The third kappa shape index (κ3) is 3.18. The van der Waals surface area contributed by atoms with Gasteiger partial charge in [-0.25, -0.2) is 13.4 Å². The van der Waals surface area contributed by atoms with Gasteiger partial charge in [-0.1, -0.05) is 6.07 Å². The predicted molar refractivity (Wildman–Crippen MR) is 96.3 cm³/mol. The zero-order valence-electron chi connectivity index (χ0n) is 13.2. The molecule has 3 aromatic rings. The number of thiazole rings is 1. The van der Waals surface area contributed by atoms with Crippen LogP contribution in [-0.4, -0.2) is 24.6 Å². The lowest BCUT2D eigenvalue weighted by Crippen LogP contribution is -2.16. The highest BCUT2D eigenvalue weighted by Gasteiger charge is 2.20. The minimum atomic E-state index is -3.41. The van der Waals surface area contributed by atoms with Gasteiger partial charge in [-0.15, -0.1) is 11.3 Å². The van der Waals surface area contributed by atoms with Gasteiger partial charge in [-0.2, -0.15) is 0 Å². The van der Waals surface area contributed by atoms with Crippen LogP contribution in [0.2, 0.25) is 0 Å². The Morgan fingerprint density at radius 3 is 2.71 bits per heavy atom. The molecule has 0 bridgehead atoms. The smallest absolute Gasteiger partial charge is 0.255 e. The lowest BCUT2D eigenvalue weighted by Gasteiger charge is -2.10. The van der Waals surface area contributed by atoms with Crippen molar-refractivity contribution >= 4 is 43.0 Å². The number of rotatable bonds is 4. The highest BCUT2D eigenvalue weighted by molar-refractivity contribution is 7.92. The summed E-state index contributed by atoms with van der Waals surface area (Å²) in [6.45, 7) is 3.23. The molecule has 3 rings (SSSR count). The third-order valence-corrected chi connectivity index (χ3v) is 6.58. The van der Waals surface area contributed by atoms with Crippen LogP contribution in [0, 0.1) is 0 Å². The fraction of sp³-hybridized carbons (Fsp3) is 0.176. The van der Waals surface area contributed by atoms with Gasteiger partial charge >= 0.3 is 0 Å². The first kappa shape index (κ1) is 16.6. The summed E-state index contributed by atoms with van der Waals surface area (Å²) < 4.78 is 25.5. The molecule has 7 heteroatoms. The number of sulfone groups is 1. The van der Waals surface area contributed by atoms with E-state index in [0.717, 1.165) is 10.2 Å². The first-order chi connectivity index (χ1) is 11.4. The number of anilines is 1. The maximum absolute atomic E-state index is 12.4. The van der Waals surface area contributed by atoms with Gasteiger partial charge in [0.25, 0.3) is 5.91 Å². The molecular formula is C17H16N2O3S2. The van der Waals surface area contributed by atoms with E-state index in [1.54, 1.807) is 37.6 Å². The summed E-state index contributed by atoms with van der Waals surface area (Å²) in [6.07, 6.45) is 0. The summed E-state index contributed by atoms with van der Waals surface area (Å²) in [5.74, 6) is -0.348. The first-order valence-electron chi connectivity index (χ1n) is 7.36. The number of benzene rings is 2. The Bertz CT molecular complexity index is 1010. The Kier molecular flexibility index (Phi) is 4.38. The van der Waals surface area contributed by atoms with Gasteiger partial charge in [-0.05, 0) is 50.2 Å². The Balaban J connectivity index is 1.87. The molecule has 24 heavy (non-hydrogen) atoms. The van der Waals surface area contributed by atoms with Crippen molar-refractivity contribution in [2.75, 3.05) is 5.32 Å². The molecule has 0 aliphatic heterocycles. The Hall–Kier alpha value is -2.25. The molecule has 1 heterocycles. The van der Waals surface area contributed by atoms with Crippen LogP contribution < -0.4 is 5.32 Å². The number of aromatic nitrogens is 1. The van der Waals surface area contributed by atoms with Crippen molar-refractivity contribution in [2.45, 2.75) is 24.0 Å². The number of carbonyl (C=O) groups is 1. The largest absolute Gasteiger partial charge is 0.322 e. The highest BCUT2D eigenvalue weighted by atomic mass is 32.2. The summed E-state index contributed by atoms with van der Waals surface area (Å²) in [5, 5.41) is 2.26. The molecule has 0 aliphatic rings. The maximum atomic E-state index is 12.4. The molecule has 0 atom stereocenters. The van der Waals surface area contributed by atoms with Crippen LogP contribution in [-0.2, 0) is 9.84 Å². The highest BCUT2D eigenvalue weighted by Crippen LogP contribution is 2.23. The zero-order chi connectivity index (χ0) is 17.3. The van der Waals surface area contributed by atoms with Crippen LogP contribution in [0.25, 0.3) is 10.2 Å². The van der Waals surface area contributed by atoms with Crippen molar-refractivity contribution in [1.82, 2.24) is 4.98 Å². The minimum absolute atomic E-state index is 0.156. The van der Waals surface area contributed by atoms with Gasteiger partial charge in [0.2, 0.25) is 0 Å². The summed E-state index contributed by atoms with van der Waals surface area (Å²) in [6, 6.07) is 11.6. The first-order valence-corrected chi connectivity index (χ1v) is 9.79.